The Balaban J connectivity index is 1.77. The molecule has 2 heterocycles. The molecule has 5 nitrogen and oxygen atoms in total. The highest BCUT2D eigenvalue weighted by Gasteiger charge is 2.17. The van der Waals surface area contributed by atoms with E-state index in [0.717, 1.165) is 5.56 Å². The fourth-order valence-electron chi connectivity index (χ4n) is 2.72. The molecule has 0 amide bonds. The van der Waals surface area contributed by atoms with Crippen LogP contribution in [0.5, 0.6) is 11.5 Å². The molecule has 1 aromatic heterocycles. The molecule has 7 heteroatoms. The van der Waals surface area contributed by atoms with Crippen molar-refractivity contribution in [3.05, 3.63) is 59.0 Å². The Morgan fingerprint density at radius 3 is 2.68 bits per heavy atom. The first-order chi connectivity index (χ1) is 12.2. The number of hydrogen-bond donors (Lipinski definition) is 1. The minimum atomic E-state index is -0.494. The molecule has 0 bridgehead atoms. The molecular formula is C18H14ClFN2O3. The SMILES string of the molecule is OCc1cn(-c2ccc(F)c(Cl)c2)nc1-c1ccc2c(c1)OCCO2. The van der Waals surface area contributed by atoms with Gasteiger partial charge in [0.2, 0.25) is 0 Å². The average Bonchev–Trinajstić information content (AvgIpc) is 3.08. The van der Waals surface area contributed by atoms with Crippen LogP contribution in [0.15, 0.2) is 42.6 Å². The third kappa shape index (κ3) is 2.94. The van der Waals surface area contributed by atoms with E-state index in [2.05, 4.69) is 5.10 Å². The van der Waals surface area contributed by atoms with E-state index in [4.69, 9.17) is 21.1 Å². The molecular weight excluding hydrogens is 347 g/mol. The quantitative estimate of drug-likeness (QED) is 0.775. The maximum Gasteiger partial charge on any atom is 0.162 e. The van der Waals surface area contributed by atoms with Gasteiger partial charge in [-0.15, -0.1) is 0 Å². The Kier molecular flexibility index (Phi) is 4.07. The minimum absolute atomic E-state index is 0.0134. The molecule has 2 aromatic carbocycles. The lowest BCUT2D eigenvalue weighted by atomic mass is 10.1. The van der Waals surface area contributed by atoms with E-state index in [1.54, 1.807) is 16.9 Å². The lowest BCUT2D eigenvalue weighted by Gasteiger charge is -2.18. The third-order valence-electron chi connectivity index (χ3n) is 3.94. The van der Waals surface area contributed by atoms with Crippen LogP contribution in [-0.2, 0) is 6.61 Å². The largest absolute Gasteiger partial charge is 0.486 e. The number of hydrogen-bond acceptors (Lipinski definition) is 4. The van der Waals surface area contributed by atoms with Crippen LogP contribution in [0.1, 0.15) is 5.56 Å². The molecule has 0 aliphatic carbocycles. The van der Waals surface area contributed by atoms with Crippen molar-refractivity contribution in [3.8, 4) is 28.4 Å². The topological polar surface area (TPSA) is 56.5 Å². The predicted molar refractivity (Wildman–Crippen MR) is 90.9 cm³/mol. The molecule has 1 aliphatic rings. The Morgan fingerprint density at radius 1 is 1.12 bits per heavy atom. The summed E-state index contributed by atoms with van der Waals surface area (Å²) in [5, 5.41) is 14.2. The summed E-state index contributed by atoms with van der Waals surface area (Å²) in [5.41, 5.74) is 2.64. The van der Waals surface area contributed by atoms with Gasteiger partial charge in [-0.1, -0.05) is 11.6 Å². The van der Waals surface area contributed by atoms with Crippen LogP contribution in [0.25, 0.3) is 16.9 Å². The van der Waals surface area contributed by atoms with Gasteiger partial charge in [0.05, 0.1) is 23.0 Å². The van der Waals surface area contributed by atoms with Crippen molar-refractivity contribution >= 4 is 11.6 Å². The summed E-state index contributed by atoms with van der Waals surface area (Å²) in [7, 11) is 0. The van der Waals surface area contributed by atoms with E-state index < -0.39 is 5.82 Å². The number of halogens is 2. The third-order valence-corrected chi connectivity index (χ3v) is 4.23. The van der Waals surface area contributed by atoms with E-state index in [1.807, 2.05) is 18.2 Å². The second kappa shape index (κ2) is 6.38. The summed E-state index contributed by atoms with van der Waals surface area (Å²) in [6.07, 6.45) is 1.69. The summed E-state index contributed by atoms with van der Waals surface area (Å²) in [6, 6.07) is 9.84. The van der Waals surface area contributed by atoms with Crippen molar-refractivity contribution in [3.63, 3.8) is 0 Å². The van der Waals surface area contributed by atoms with Gasteiger partial charge in [0.25, 0.3) is 0 Å². The molecule has 0 radical (unpaired) electrons. The Bertz CT molecular complexity index is 942. The zero-order chi connectivity index (χ0) is 17.4. The predicted octanol–water partition coefficient (Wildman–Crippen LogP) is 3.60. The molecule has 0 spiro atoms. The summed E-state index contributed by atoms with van der Waals surface area (Å²) in [5.74, 6) is 0.837. The smallest absolute Gasteiger partial charge is 0.162 e. The van der Waals surface area contributed by atoms with Gasteiger partial charge in [-0.25, -0.2) is 9.07 Å². The van der Waals surface area contributed by atoms with Crippen LogP contribution in [0, 0.1) is 5.82 Å². The fourth-order valence-corrected chi connectivity index (χ4v) is 2.89. The van der Waals surface area contributed by atoms with Crippen molar-refractivity contribution in [1.29, 1.82) is 0 Å². The van der Waals surface area contributed by atoms with E-state index in [9.17, 15) is 9.50 Å². The van der Waals surface area contributed by atoms with Gasteiger partial charge in [0.1, 0.15) is 19.0 Å². The zero-order valence-electron chi connectivity index (χ0n) is 13.1. The molecule has 0 saturated heterocycles. The number of aliphatic hydroxyl groups excluding tert-OH is 1. The molecule has 0 saturated carbocycles. The van der Waals surface area contributed by atoms with Crippen LogP contribution < -0.4 is 9.47 Å². The van der Waals surface area contributed by atoms with Crippen LogP contribution >= 0.6 is 11.6 Å². The highest BCUT2D eigenvalue weighted by Crippen LogP contribution is 2.35. The summed E-state index contributed by atoms with van der Waals surface area (Å²) in [6.45, 7) is 0.832. The van der Waals surface area contributed by atoms with E-state index in [0.29, 0.717) is 41.7 Å². The van der Waals surface area contributed by atoms with Gasteiger partial charge >= 0.3 is 0 Å². The normalized spacial score (nSPS) is 13.1. The lowest BCUT2D eigenvalue weighted by molar-refractivity contribution is 0.171. The molecule has 128 valence electrons. The first-order valence-corrected chi connectivity index (χ1v) is 8.08. The average molecular weight is 361 g/mol. The van der Waals surface area contributed by atoms with Gasteiger partial charge < -0.3 is 14.6 Å². The van der Waals surface area contributed by atoms with Gasteiger partial charge in [-0.3, -0.25) is 0 Å². The van der Waals surface area contributed by atoms with E-state index in [1.165, 1.54) is 12.1 Å². The molecule has 25 heavy (non-hydrogen) atoms. The molecule has 0 atom stereocenters. The number of aromatic nitrogens is 2. The van der Waals surface area contributed by atoms with Gasteiger partial charge in [-0.05, 0) is 36.4 Å². The molecule has 0 unspecified atom stereocenters. The van der Waals surface area contributed by atoms with Crippen LogP contribution in [-0.4, -0.2) is 28.1 Å². The summed E-state index contributed by atoms with van der Waals surface area (Å²) < 4.78 is 26.0. The molecule has 1 aliphatic heterocycles. The van der Waals surface area contributed by atoms with Crippen molar-refractivity contribution in [1.82, 2.24) is 9.78 Å². The number of nitrogens with zero attached hydrogens (tertiary/aromatic N) is 2. The van der Waals surface area contributed by atoms with E-state index in [-0.39, 0.29) is 11.6 Å². The number of fused-ring (bicyclic) bond motifs is 1. The molecule has 1 N–H and O–H groups in total. The second-order valence-electron chi connectivity index (χ2n) is 5.56. The highest BCUT2D eigenvalue weighted by molar-refractivity contribution is 6.30. The highest BCUT2D eigenvalue weighted by atomic mass is 35.5. The minimum Gasteiger partial charge on any atom is -0.486 e. The summed E-state index contributed by atoms with van der Waals surface area (Å²) in [4.78, 5) is 0. The fraction of sp³-hybridized carbons (Fsp3) is 0.167. The first-order valence-electron chi connectivity index (χ1n) is 7.70. The van der Waals surface area contributed by atoms with Crippen LogP contribution in [0.2, 0.25) is 5.02 Å². The van der Waals surface area contributed by atoms with Crippen molar-refractivity contribution in [2.24, 2.45) is 0 Å². The van der Waals surface area contributed by atoms with Gasteiger partial charge in [-0.2, -0.15) is 5.10 Å². The number of aliphatic hydroxyl groups is 1. The zero-order valence-corrected chi connectivity index (χ0v) is 13.8. The Labute approximate surface area is 148 Å². The first kappa shape index (κ1) is 15.9. The Morgan fingerprint density at radius 2 is 1.92 bits per heavy atom. The maximum atomic E-state index is 13.4. The van der Waals surface area contributed by atoms with Gasteiger partial charge in [0, 0.05) is 17.3 Å². The standard InChI is InChI=1S/C18H14ClFN2O3/c19-14-8-13(2-3-15(14)20)22-9-12(10-23)18(21-22)11-1-4-16-17(7-11)25-6-5-24-16/h1-4,7-9,23H,5-6,10H2. The second-order valence-corrected chi connectivity index (χ2v) is 5.97. The number of ether oxygens (including phenoxy) is 2. The summed E-state index contributed by atoms with van der Waals surface area (Å²) >= 11 is 5.84. The van der Waals surface area contributed by atoms with E-state index >= 15 is 0 Å². The number of rotatable bonds is 3. The molecule has 3 aromatic rings. The van der Waals surface area contributed by atoms with Crippen molar-refractivity contribution in [2.45, 2.75) is 6.61 Å². The van der Waals surface area contributed by atoms with Crippen LogP contribution in [0.3, 0.4) is 0 Å². The van der Waals surface area contributed by atoms with Crippen molar-refractivity contribution < 1.29 is 19.0 Å². The lowest BCUT2D eigenvalue weighted by Crippen LogP contribution is -2.15. The maximum absolute atomic E-state index is 13.4. The van der Waals surface area contributed by atoms with Gasteiger partial charge in [0.15, 0.2) is 11.5 Å². The monoisotopic (exact) mass is 360 g/mol. The van der Waals surface area contributed by atoms with Crippen molar-refractivity contribution in [2.75, 3.05) is 13.2 Å². The molecule has 0 fully saturated rings. The Hall–Kier alpha value is -2.57. The number of benzene rings is 2. The van der Waals surface area contributed by atoms with Crippen LogP contribution in [0.4, 0.5) is 4.39 Å². The molecule has 4 rings (SSSR count).